The van der Waals surface area contributed by atoms with E-state index in [0.29, 0.717) is 0 Å². The Morgan fingerprint density at radius 3 is 2.40 bits per heavy atom. The van der Waals surface area contributed by atoms with Gasteiger partial charge in [0, 0.05) is 19.7 Å². The third kappa shape index (κ3) is 9.99. The highest BCUT2D eigenvalue weighted by Crippen LogP contribution is 1.87. The Morgan fingerprint density at radius 2 is 2.30 bits per heavy atom. The van der Waals surface area contributed by atoms with Crippen molar-refractivity contribution in [3.63, 3.8) is 0 Å². The smallest absolute Gasteiger partial charge is 0.300 e. The van der Waals surface area contributed by atoms with E-state index in [2.05, 4.69) is 11.1 Å². The van der Waals surface area contributed by atoms with Crippen LogP contribution in [-0.2, 0) is 4.79 Å². The minimum Gasteiger partial charge on any atom is -0.481 e. The summed E-state index contributed by atoms with van der Waals surface area (Å²) in [5.74, 6) is -0.833. The quantitative estimate of drug-likeness (QED) is 0.549. The third-order valence-corrected chi connectivity index (χ3v) is 0.752. The molecular formula is C7H11NO2. The minimum absolute atomic E-state index is 0.833. The van der Waals surface area contributed by atoms with Crippen molar-refractivity contribution in [2.75, 3.05) is 6.54 Å². The molecule has 0 saturated heterocycles. The van der Waals surface area contributed by atoms with Crippen molar-refractivity contribution in [1.82, 2.24) is 0 Å². The van der Waals surface area contributed by atoms with Crippen LogP contribution in [0.25, 0.3) is 0 Å². The summed E-state index contributed by atoms with van der Waals surface area (Å²) in [6, 6.07) is 0. The van der Waals surface area contributed by atoms with E-state index < -0.39 is 5.97 Å². The zero-order valence-corrected chi connectivity index (χ0v) is 5.95. The van der Waals surface area contributed by atoms with Crippen molar-refractivity contribution in [1.29, 1.82) is 0 Å². The summed E-state index contributed by atoms with van der Waals surface area (Å²) in [6.45, 7) is 2.07. The van der Waals surface area contributed by atoms with Gasteiger partial charge in [-0.25, -0.2) is 0 Å². The van der Waals surface area contributed by atoms with E-state index in [-0.39, 0.29) is 0 Å². The van der Waals surface area contributed by atoms with E-state index in [1.54, 1.807) is 0 Å². The highest BCUT2D eigenvalue weighted by atomic mass is 16.4. The van der Waals surface area contributed by atoms with Crippen LogP contribution in [0, 0.1) is 0 Å². The van der Waals surface area contributed by atoms with Crippen LogP contribution < -0.4 is 0 Å². The Kier molecular flexibility index (Phi) is 5.33. The zero-order valence-electron chi connectivity index (χ0n) is 5.95. The van der Waals surface area contributed by atoms with Crippen LogP contribution in [0.5, 0.6) is 0 Å². The van der Waals surface area contributed by atoms with Gasteiger partial charge >= 0.3 is 0 Å². The van der Waals surface area contributed by atoms with Crippen molar-refractivity contribution in [2.24, 2.45) is 4.99 Å². The number of allylic oxidation sites excluding steroid dienone is 1. The van der Waals surface area contributed by atoms with Gasteiger partial charge in [-0.2, -0.15) is 0 Å². The number of rotatable bonds is 0. The highest BCUT2D eigenvalue weighted by molar-refractivity contribution is 5.71. The molecule has 1 rings (SSSR count). The lowest BCUT2D eigenvalue weighted by atomic mass is 10.3. The molecule has 56 valence electrons. The van der Waals surface area contributed by atoms with Gasteiger partial charge in [0.25, 0.3) is 5.97 Å². The Morgan fingerprint density at radius 1 is 1.70 bits per heavy atom. The number of dihydropyridines is 1. The molecule has 1 heterocycles. The molecular weight excluding hydrogens is 130 g/mol. The number of carbonyl (C=O) groups is 1. The number of hydrogen-bond donors (Lipinski definition) is 1. The summed E-state index contributed by atoms with van der Waals surface area (Å²) in [4.78, 5) is 13.0. The van der Waals surface area contributed by atoms with Crippen molar-refractivity contribution in [2.45, 2.75) is 13.3 Å². The van der Waals surface area contributed by atoms with Gasteiger partial charge in [0.2, 0.25) is 0 Å². The molecule has 1 N–H and O–H groups in total. The molecule has 0 aromatic heterocycles. The van der Waals surface area contributed by atoms with Gasteiger partial charge in [-0.1, -0.05) is 6.08 Å². The first-order valence-corrected chi connectivity index (χ1v) is 3.08. The average molecular weight is 141 g/mol. The molecule has 1 aliphatic heterocycles. The van der Waals surface area contributed by atoms with Crippen molar-refractivity contribution >= 4 is 12.2 Å². The van der Waals surface area contributed by atoms with Gasteiger partial charge in [-0.05, 0) is 12.5 Å². The Bertz CT molecular complexity index is 134. The second kappa shape index (κ2) is 6.01. The summed E-state index contributed by atoms with van der Waals surface area (Å²) in [5, 5.41) is 7.42. The standard InChI is InChI=1S/C5H7N.C2H4O2/c1-2-4-6-5-3-1;1-2(3)4/h1-2,4H,3,5H2;1H3,(H,3,4). The molecule has 0 radical (unpaired) electrons. The Labute approximate surface area is 60.1 Å². The molecule has 0 unspecified atom stereocenters. The number of hydrogen-bond acceptors (Lipinski definition) is 2. The number of aliphatic imine (C=N–C) groups is 1. The van der Waals surface area contributed by atoms with Gasteiger partial charge in [-0.15, -0.1) is 0 Å². The van der Waals surface area contributed by atoms with Crippen molar-refractivity contribution in [3.05, 3.63) is 12.2 Å². The Balaban J connectivity index is 0.000000180. The lowest BCUT2D eigenvalue weighted by Gasteiger charge is -1.88. The van der Waals surface area contributed by atoms with Crippen LogP contribution in [0.15, 0.2) is 17.1 Å². The van der Waals surface area contributed by atoms with Crippen LogP contribution in [-0.4, -0.2) is 23.8 Å². The van der Waals surface area contributed by atoms with Gasteiger partial charge in [0.05, 0.1) is 0 Å². The molecule has 3 nitrogen and oxygen atoms in total. The molecule has 3 heteroatoms. The molecule has 0 fully saturated rings. The average Bonchev–Trinajstić information content (AvgIpc) is 1.90. The number of carboxylic acid groups (broad SMARTS) is 1. The predicted octanol–water partition coefficient (Wildman–Crippen LogP) is 1.11. The van der Waals surface area contributed by atoms with E-state index in [1.165, 1.54) is 0 Å². The fourth-order valence-corrected chi connectivity index (χ4v) is 0.442. The SMILES string of the molecule is C1=CCCN=C1.CC(=O)O. The largest absolute Gasteiger partial charge is 0.481 e. The number of aliphatic carboxylic acids is 1. The van der Waals surface area contributed by atoms with Crippen LogP contribution >= 0.6 is 0 Å². The molecule has 1 aliphatic rings. The maximum absolute atomic E-state index is 9.00. The number of nitrogens with zero attached hydrogens (tertiary/aromatic N) is 1. The molecule has 0 amide bonds. The maximum atomic E-state index is 9.00. The lowest BCUT2D eigenvalue weighted by molar-refractivity contribution is -0.134. The van der Waals surface area contributed by atoms with E-state index in [1.807, 2.05) is 12.3 Å². The molecule has 0 aliphatic carbocycles. The van der Waals surface area contributed by atoms with Crippen molar-refractivity contribution in [3.8, 4) is 0 Å². The fourth-order valence-electron chi connectivity index (χ4n) is 0.442. The van der Waals surface area contributed by atoms with E-state index in [0.717, 1.165) is 19.9 Å². The van der Waals surface area contributed by atoms with E-state index in [4.69, 9.17) is 9.90 Å². The van der Waals surface area contributed by atoms with E-state index >= 15 is 0 Å². The second-order valence-electron chi connectivity index (χ2n) is 1.79. The van der Waals surface area contributed by atoms with Crippen LogP contribution in [0.2, 0.25) is 0 Å². The van der Waals surface area contributed by atoms with Gasteiger partial charge in [-0.3, -0.25) is 9.79 Å². The summed E-state index contributed by atoms with van der Waals surface area (Å²) >= 11 is 0. The summed E-state index contributed by atoms with van der Waals surface area (Å²) in [7, 11) is 0. The predicted molar refractivity (Wildman–Crippen MR) is 40.4 cm³/mol. The first-order chi connectivity index (χ1) is 4.73. The zero-order chi connectivity index (χ0) is 7.82. The third-order valence-electron chi connectivity index (χ3n) is 0.752. The lowest BCUT2D eigenvalue weighted by Crippen LogP contribution is -1.81. The van der Waals surface area contributed by atoms with Gasteiger partial charge in [0.1, 0.15) is 0 Å². The second-order valence-corrected chi connectivity index (χ2v) is 1.79. The van der Waals surface area contributed by atoms with Crippen LogP contribution in [0.3, 0.4) is 0 Å². The minimum atomic E-state index is -0.833. The molecule has 0 saturated carbocycles. The van der Waals surface area contributed by atoms with Crippen molar-refractivity contribution < 1.29 is 9.90 Å². The highest BCUT2D eigenvalue weighted by Gasteiger charge is 1.78. The van der Waals surface area contributed by atoms with Gasteiger partial charge < -0.3 is 5.11 Å². The van der Waals surface area contributed by atoms with Crippen LogP contribution in [0.4, 0.5) is 0 Å². The normalized spacial score (nSPS) is 13.7. The van der Waals surface area contributed by atoms with Gasteiger partial charge in [0.15, 0.2) is 0 Å². The molecule has 0 spiro atoms. The monoisotopic (exact) mass is 141 g/mol. The fraction of sp³-hybridized carbons (Fsp3) is 0.429. The summed E-state index contributed by atoms with van der Waals surface area (Å²) in [5.41, 5.74) is 0. The summed E-state index contributed by atoms with van der Waals surface area (Å²) in [6.07, 6.45) is 7.05. The number of carboxylic acids is 1. The molecule has 0 atom stereocenters. The van der Waals surface area contributed by atoms with Crippen LogP contribution in [0.1, 0.15) is 13.3 Å². The summed E-state index contributed by atoms with van der Waals surface area (Å²) < 4.78 is 0. The molecule has 0 aromatic carbocycles. The maximum Gasteiger partial charge on any atom is 0.300 e. The first kappa shape index (κ1) is 8.88. The van der Waals surface area contributed by atoms with E-state index in [9.17, 15) is 0 Å². The molecule has 0 bridgehead atoms. The molecule has 0 aromatic rings. The molecule has 10 heavy (non-hydrogen) atoms. The Hall–Kier alpha value is -1.12. The topological polar surface area (TPSA) is 49.7 Å². The first-order valence-electron chi connectivity index (χ1n) is 3.08.